The van der Waals surface area contributed by atoms with Gasteiger partial charge in [-0.15, -0.1) is 0 Å². The maximum absolute atomic E-state index is 11.2. The fourth-order valence-electron chi connectivity index (χ4n) is 1.99. The molecule has 0 radical (unpaired) electrons. The molecule has 0 bridgehead atoms. The first-order valence-corrected chi connectivity index (χ1v) is 5.81. The number of anilines is 2. The van der Waals surface area contributed by atoms with E-state index >= 15 is 0 Å². The van der Waals surface area contributed by atoms with Gasteiger partial charge in [0.2, 0.25) is 5.91 Å². The summed E-state index contributed by atoms with van der Waals surface area (Å²) in [4.78, 5) is 19.7. The van der Waals surface area contributed by atoms with Gasteiger partial charge in [-0.1, -0.05) is 0 Å². The van der Waals surface area contributed by atoms with E-state index in [9.17, 15) is 4.79 Å². The number of piperazine rings is 1. The molecule has 0 saturated carbocycles. The summed E-state index contributed by atoms with van der Waals surface area (Å²) in [5, 5.41) is 0. The number of carbonyl (C=O) groups excluding carboxylic acids is 1. The second-order valence-electron chi connectivity index (χ2n) is 4.34. The molecule has 1 saturated heterocycles. The SMILES string of the molecule is CC(=O)N1CCN(c2ccc(N)c(C)n2)CC1. The first-order valence-electron chi connectivity index (χ1n) is 5.81. The third kappa shape index (κ3) is 2.49. The number of nitrogens with two attached hydrogens (primary N) is 1. The fourth-order valence-corrected chi connectivity index (χ4v) is 1.99. The van der Waals surface area contributed by atoms with E-state index < -0.39 is 0 Å². The second-order valence-corrected chi connectivity index (χ2v) is 4.34. The Morgan fingerprint density at radius 3 is 2.47 bits per heavy atom. The normalized spacial score (nSPS) is 16.1. The van der Waals surface area contributed by atoms with E-state index in [4.69, 9.17) is 5.73 Å². The van der Waals surface area contributed by atoms with Crippen molar-refractivity contribution in [2.45, 2.75) is 13.8 Å². The molecule has 0 aliphatic carbocycles. The molecule has 0 aromatic carbocycles. The quantitative estimate of drug-likeness (QED) is 0.774. The smallest absolute Gasteiger partial charge is 0.219 e. The van der Waals surface area contributed by atoms with Gasteiger partial charge in [-0.2, -0.15) is 0 Å². The lowest BCUT2D eigenvalue weighted by Gasteiger charge is -2.35. The van der Waals surface area contributed by atoms with Gasteiger partial charge in [-0.25, -0.2) is 4.98 Å². The molecule has 0 atom stereocenters. The summed E-state index contributed by atoms with van der Waals surface area (Å²) in [7, 11) is 0. The number of hydrogen-bond acceptors (Lipinski definition) is 4. The Labute approximate surface area is 101 Å². The average molecular weight is 234 g/mol. The van der Waals surface area contributed by atoms with Crippen LogP contribution < -0.4 is 10.6 Å². The van der Waals surface area contributed by atoms with Gasteiger partial charge in [0.1, 0.15) is 5.82 Å². The van der Waals surface area contributed by atoms with Crippen LogP contribution in [0.2, 0.25) is 0 Å². The van der Waals surface area contributed by atoms with Crippen LogP contribution in [0.4, 0.5) is 11.5 Å². The van der Waals surface area contributed by atoms with Crippen molar-refractivity contribution in [2.75, 3.05) is 36.8 Å². The van der Waals surface area contributed by atoms with E-state index in [2.05, 4.69) is 9.88 Å². The van der Waals surface area contributed by atoms with Crippen molar-refractivity contribution in [3.63, 3.8) is 0 Å². The van der Waals surface area contributed by atoms with Crippen molar-refractivity contribution in [2.24, 2.45) is 0 Å². The summed E-state index contributed by atoms with van der Waals surface area (Å²) in [5.74, 6) is 1.09. The highest BCUT2D eigenvalue weighted by Gasteiger charge is 2.19. The molecule has 0 spiro atoms. The van der Waals surface area contributed by atoms with Crippen LogP contribution in [0.3, 0.4) is 0 Å². The van der Waals surface area contributed by atoms with Crippen LogP contribution in [0.5, 0.6) is 0 Å². The molecule has 1 amide bonds. The number of carbonyl (C=O) groups is 1. The molecule has 0 unspecified atom stereocenters. The predicted molar refractivity (Wildman–Crippen MR) is 67.9 cm³/mol. The van der Waals surface area contributed by atoms with Gasteiger partial charge < -0.3 is 15.5 Å². The van der Waals surface area contributed by atoms with Gasteiger partial charge in [0.05, 0.1) is 11.4 Å². The largest absolute Gasteiger partial charge is 0.397 e. The van der Waals surface area contributed by atoms with E-state index in [0.717, 1.165) is 43.4 Å². The van der Waals surface area contributed by atoms with Gasteiger partial charge in [-0.3, -0.25) is 4.79 Å². The van der Waals surface area contributed by atoms with Crippen molar-refractivity contribution in [1.82, 2.24) is 9.88 Å². The number of nitrogens with zero attached hydrogens (tertiary/aromatic N) is 3. The fraction of sp³-hybridized carbons (Fsp3) is 0.500. The highest BCUT2D eigenvalue weighted by molar-refractivity contribution is 5.73. The van der Waals surface area contributed by atoms with Crippen LogP contribution in [-0.4, -0.2) is 42.0 Å². The number of nitrogen functional groups attached to an aromatic ring is 1. The zero-order chi connectivity index (χ0) is 12.4. The maximum atomic E-state index is 11.2. The molecule has 92 valence electrons. The van der Waals surface area contributed by atoms with Crippen LogP contribution in [0.25, 0.3) is 0 Å². The van der Waals surface area contributed by atoms with Gasteiger partial charge in [0, 0.05) is 33.1 Å². The number of pyridine rings is 1. The topological polar surface area (TPSA) is 62.5 Å². The van der Waals surface area contributed by atoms with Crippen LogP contribution in [0.15, 0.2) is 12.1 Å². The maximum Gasteiger partial charge on any atom is 0.219 e. The Kier molecular flexibility index (Phi) is 3.17. The minimum Gasteiger partial charge on any atom is -0.397 e. The Morgan fingerprint density at radius 1 is 1.29 bits per heavy atom. The third-order valence-electron chi connectivity index (χ3n) is 3.16. The lowest BCUT2D eigenvalue weighted by Crippen LogP contribution is -2.48. The van der Waals surface area contributed by atoms with Gasteiger partial charge >= 0.3 is 0 Å². The highest BCUT2D eigenvalue weighted by atomic mass is 16.2. The number of hydrogen-bond donors (Lipinski definition) is 1. The zero-order valence-corrected chi connectivity index (χ0v) is 10.3. The number of amides is 1. The molecule has 1 fully saturated rings. The van der Waals surface area contributed by atoms with Crippen molar-refractivity contribution >= 4 is 17.4 Å². The molecule has 17 heavy (non-hydrogen) atoms. The molecule has 5 heteroatoms. The monoisotopic (exact) mass is 234 g/mol. The Balaban J connectivity index is 2.05. The van der Waals surface area contributed by atoms with Crippen molar-refractivity contribution in [3.05, 3.63) is 17.8 Å². The molecule has 1 aliphatic heterocycles. The van der Waals surface area contributed by atoms with Gasteiger partial charge in [-0.05, 0) is 19.1 Å². The first kappa shape index (κ1) is 11.7. The summed E-state index contributed by atoms with van der Waals surface area (Å²) in [5.41, 5.74) is 7.32. The Hall–Kier alpha value is -1.78. The lowest BCUT2D eigenvalue weighted by atomic mass is 10.2. The Morgan fingerprint density at radius 2 is 1.94 bits per heavy atom. The Bertz CT molecular complexity index is 425. The van der Waals surface area contributed by atoms with Crippen LogP contribution >= 0.6 is 0 Å². The van der Waals surface area contributed by atoms with Gasteiger partial charge in [0.25, 0.3) is 0 Å². The minimum atomic E-state index is 0.145. The average Bonchev–Trinajstić information content (AvgIpc) is 2.33. The molecular formula is C12H18N4O. The molecule has 2 rings (SSSR count). The van der Waals surface area contributed by atoms with E-state index in [1.165, 1.54) is 0 Å². The van der Waals surface area contributed by atoms with E-state index in [1.54, 1.807) is 6.92 Å². The molecule has 1 aromatic heterocycles. The number of aryl methyl sites for hydroxylation is 1. The van der Waals surface area contributed by atoms with Crippen molar-refractivity contribution < 1.29 is 4.79 Å². The summed E-state index contributed by atoms with van der Waals surface area (Å²) in [6, 6.07) is 3.82. The predicted octanol–water partition coefficient (Wildman–Crippen LogP) is 0.641. The summed E-state index contributed by atoms with van der Waals surface area (Å²) >= 11 is 0. The van der Waals surface area contributed by atoms with E-state index in [-0.39, 0.29) is 5.91 Å². The van der Waals surface area contributed by atoms with Crippen molar-refractivity contribution in [3.8, 4) is 0 Å². The molecule has 1 aliphatic rings. The summed E-state index contributed by atoms with van der Waals surface area (Å²) in [6.45, 7) is 6.71. The van der Waals surface area contributed by atoms with Crippen LogP contribution in [0.1, 0.15) is 12.6 Å². The summed E-state index contributed by atoms with van der Waals surface area (Å²) < 4.78 is 0. The minimum absolute atomic E-state index is 0.145. The second kappa shape index (κ2) is 4.61. The highest BCUT2D eigenvalue weighted by Crippen LogP contribution is 2.17. The van der Waals surface area contributed by atoms with Crippen LogP contribution in [0, 0.1) is 6.92 Å². The van der Waals surface area contributed by atoms with Crippen LogP contribution in [-0.2, 0) is 4.79 Å². The standard InChI is InChI=1S/C12H18N4O/c1-9-11(13)3-4-12(14-9)16-7-5-15(6-8-16)10(2)17/h3-4H,5-8,13H2,1-2H3. The van der Waals surface area contributed by atoms with E-state index in [1.807, 2.05) is 24.0 Å². The zero-order valence-electron chi connectivity index (χ0n) is 10.3. The number of aromatic nitrogens is 1. The molecular weight excluding hydrogens is 216 g/mol. The molecule has 2 N–H and O–H groups in total. The summed E-state index contributed by atoms with van der Waals surface area (Å²) in [6.07, 6.45) is 0. The first-order chi connectivity index (χ1) is 8.08. The molecule has 2 heterocycles. The van der Waals surface area contributed by atoms with Gasteiger partial charge in [0.15, 0.2) is 0 Å². The third-order valence-corrected chi connectivity index (χ3v) is 3.16. The lowest BCUT2D eigenvalue weighted by molar-refractivity contribution is -0.129. The molecule has 5 nitrogen and oxygen atoms in total. The van der Waals surface area contributed by atoms with Crippen molar-refractivity contribution in [1.29, 1.82) is 0 Å². The van der Waals surface area contributed by atoms with E-state index in [0.29, 0.717) is 0 Å². The number of rotatable bonds is 1. The molecule has 1 aromatic rings.